The summed E-state index contributed by atoms with van der Waals surface area (Å²) in [5.74, 6) is 0.931. The summed E-state index contributed by atoms with van der Waals surface area (Å²) in [5, 5.41) is 0.646. The van der Waals surface area contributed by atoms with Crippen LogP contribution >= 0.6 is 11.6 Å². The van der Waals surface area contributed by atoms with Gasteiger partial charge in [0.1, 0.15) is 5.82 Å². The molecule has 0 radical (unpaired) electrons. The zero-order valence-electron chi connectivity index (χ0n) is 19.1. The highest BCUT2D eigenvalue weighted by molar-refractivity contribution is 7.81. The molecular formula is C25H25ClN4O4S. The van der Waals surface area contributed by atoms with Crippen molar-refractivity contribution in [1.82, 2.24) is 9.55 Å². The van der Waals surface area contributed by atoms with Gasteiger partial charge in [-0.25, -0.2) is 14.0 Å². The van der Waals surface area contributed by atoms with Gasteiger partial charge in [-0.15, -0.1) is 0 Å². The van der Waals surface area contributed by atoms with Gasteiger partial charge in [-0.3, -0.25) is 9.12 Å². The molecule has 1 unspecified atom stereocenters. The SMILES string of the molecule is CCc1nc2ccc(Cl)cc2n1-c1ccc(CCOC(=O)N(c2ccc(CN)cc2)S(=O)O)cc1. The summed E-state index contributed by atoms with van der Waals surface area (Å²) >= 11 is 3.64. The van der Waals surface area contributed by atoms with Gasteiger partial charge < -0.3 is 10.5 Å². The lowest BCUT2D eigenvalue weighted by Crippen LogP contribution is -2.33. The Bertz CT molecular complexity index is 1360. The van der Waals surface area contributed by atoms with Crippen molar-refractivity contribution in [1.29, 1.82) is 0 Å². The predicted octanol–water partition coefficient (Wildman–Crippen LogP) is 5.02. The Kier molecular flexibility index (Phi) is 7.82. The first kappa shape index (κ1) is 24.9. The van der Waals surface area contributed by atoms with Gasteiger partial charge >= 0.3 is 6.09 Å². The lowest BCUT2D eigenvalue weighted by atomic mass is 10.1. The van der Waals surface area contributed by atoms with Crippen LogP contribution in [0, 0.1) is 0 Å². The van der Waals surface area contributed by atoms with Crippen LogP contribution in [0.15, 0.2) is 66.7 Å². The normalized spacial score (nSPS) is 12.0. The van der Waals surface area contributed by atoms with Crippen LogP contribution in [0.25, 0.3) is 16.7 Å². The Balaban J connectivity index is 1.43. The Morgan fingerprint density at radius 3 is 2.43 bits per heavy atom. The number of benzene rings is 3. The minimum atomic E-state index is -2.57. The average molecular weight is 513 g/mol. The lowest BCUT2D eigenvalue weighted by molar-refractivity contribution is 0.159. The van der Waals surface area contributed by atoms with Crippen LogP contribution in [-0.2, 0) is 35.4 Å². The number of aromatic nitrogens is 2. The Labute approximate surface area is 210 Å². The van der Waals surface area contributed by atoms with Crippen molar-refractivity contribution in [3.8, 4) is 5.69 Å². The van der Waals surface area contributed by atoms with Crippen molar-refractivity contribution in [2.75, 3.05) is 10.9 Å². The number of hydrogen-bond donors (Lipinski definition) is 2. The molecule has 8 nitrogen and oxygen atoms in total. The molecule has 4 aromatic rings. The molecular weight excluding hydrogens is 488 g/mol. The summed E-state index contributed by atoms with van der Waals surface area (Å²) in [4.78, 5) is 17.2. The number of nitrogens with two attached hydrogens (primary N) is 1. The molecule has 0 spiro atoms. The van der Waals surface area contributed by atoms with Crippen LogP contribution < -0.4 is 10.0 Å². The van der Waals surface area contributed by atoms with Crippen LogP contribution in [-0.4, -0.2) is 31.0 Å². The van der Waals surface area contributed by atoms with Gasteiger partial charge in [0, 0.05) is 30.1 Å². The number of halogens is 1. The van der Waals surface area contributed by atoms with E-state index in [9.17, 15) is 13.6 Å². The second-order valence-corrected chi connectivity index (χ2v) is 9.04. The number of nitrogens with zero attached hydrogens (tertiary/aromatic N) is 3. The highest BCUT2D eigenvalue weighted by Crippen LogP contribution is 2.25. The van der Waals surface area contributed by atoms with Crippen molar-refractivity contribution in [2.45, 2.75) is 26.3 Å². The van der Waals surface area contributed by atoms with Gasteiger partial charge in [-0.05, 0) is 53.6 Å². The lowest BCUT2D eigenvalue weighted by Gasteiger charge is -2.18. The highest BCUT2D eigenvalue weighted by atomic mass is 35.5. The number of aryl methyl sites for hydroxylation is 1. The zero-order valence-corrected chi connectivity index (χ0v) is 20.6. The molecule has 1 heterocycles. The molecule has 3 N–H and O–H groups in total. The quantitative estimate of drug-likeness (QED) is 0.321. The summed E-state index contributed by atoms with van der Waals surface area (Å²) in [6.45, 7) is 2.43. The molecule has 1 amide bonds. The molecule has 10 heteroatoms. The maximum absolute atomic E-state index is 12.5. The minimum absolute atomic E-state index is 0.0522. The molecule has 4 rings (SSSR count). The number of anilines is 1. The van der Waals surface area contributed by atoms with Gasteiger partial charge in [0.2, 0.25) is 0 Å². The van der Waals surface area contributed by atoms with Crippen molar-refractivity contribution < 1.29 is 18.3 Å². The Hall–Kier alpha value is -3.24. The maximum atomic E-state index is 12.5. The Morgan fingerprint density at radius 1 is 1.11 bits per heavy atom. The molecule has 0 aliphatic heterocycles. The number of carbonyl (C=O) groups excluding carboxylic acids is 1. The van der Waals surface area contributed by atoms with E-state index >= 15 is 0 Å². The number of amides is 1. The van der Waals surface area contributed by atoms with E-state index < -0.39 is 17.4 Å². The third-order valence-corrected chi connectivity index (χ3v) is 6.45. The van der Waals surface area contributed by atoms with E-state index in [0.717, 1.165) is 40.1 Å². The monoisotopic (exact) mass is 512 g/mol. The first-order valence-corrected chi connectivity index (χ1v) is 12.5. The first-order chi connectivity index (χ1) is 16.9. The molecule has 3 aromatic carbocycles. The van der Waals surface area contributed by atoms with Gasteiger partial charge in [0.05, 0.1) is 23.3 Å². The first-order valence-electron chi connectivity index (χ1n) is 11.0. The second-order valence-electron chi connectivity index (χ2n) is 7.78. The van der Waals surface area contributed by atoms with Crippen molar-refractivity contribution >= 4 is 45.7 Å². The zero-order chi connectivity index (χ0) is 24.9. The standard InChI is InChI=1S/C25H25ClN4O4S/c1-2-24-28-22-12-7-19(26)15-23(22)29(24)20-8-3-17(4-9-20)13-14-34-25(31)30(35(32)33)21-10-5-18(16-27)6-11-21/h3-12,15H,2,13-14,16,27H2,1H3,(H,32,33). The van der Waals surface area contributed by atoms with Crippen LogP contribution in [0.5, 0.6) is 0 Å². The second kappa shape index (κ2) is 11.0. The summed E-state index contributed by atoms with van der Waals surface area (Å²) in [7, 11) is 0. The number of carbonyl (C=O) groups is 1. The number of imidazole rings is 1. The molecule has 35 heavy (non-hydrogen) atoms. The molecule has 1 aromatic heterocycles. The fraction of sp³-hybridized carbons (Fsp3) is 0.200. The van der Waals surface area contributed by atoms with E-state index in [1.165, 1.54) is 0 Å². The van der Waals surface area contributed by atoms with Crippen LogP contribution in [0.1, 0.15) is 23.9 Å². The maximum Gasteiger partial charge on any atom is 0.428 e. The van der Waals surface area contributed by atoms with Crippen LogP contribution in [0.2, 0.25) is 5.02 Å². The van der Waals surface area contributed by atoms with Gasteiger partial charge in [0.25, 0.3) is 11.3 Å². The summed E-state index contributed by atoms with van der Waals surface area (Å²) in [5.41, 5.74) is 10.4. The van der Waals surface area contributed by atoms with E-state index in [2.05, 4.69) is 11.5 Å². The van der Waals surface area contributed by atoms with Crippen molar-refractivity contribution in [3.63, 3.8) is 0 Å². The minimum Gasteiger partial charge on any atom is -0.448 e. The van der Waals surface area contributed by atoms with Gasteiger partial charge in [-0.1, -0.05) is 42.8 Å². The van der Waals surface area contributed by atoms with E-state index in [1.54, 1.807) is 24.3 Å². The average Bonchev–Trinajstić information content (AvgIpc) is 3.22. The van der Waals surface area contributed by atoms with Crippen molar-refractivity contribution in [2.24, 2.45) is 5.73 Å². The molecule has 0 saturated carbocycles. The van der Waals surface area contributed by atoms with E-state index in [4.69, 9.17) is 27.1 Å². The third kappa shape index (κ3) is 5.54. The summed E-state index contributed by atoms with van der Waals surface area (Å²) in [6, 6.07) is 20.0. The molecule has 0 saturated heterocycles. The largest absolute Gasteiger partial charge is 0.448 e. The topological polar surface area (TPSA) is 111 Å². The van der Waals surface area contributed by atoms with Crippen molar-refractivity contribution in [3.05, 3.63) is 88.7 Å². The summed E-state index contributed by atoms with van der Waals surface area (Å²) < 4.78 is 29.4. The number of rotatable bonds is 8. The van der Waals surface area contributed by atoms with E-state index in [-0.39, 0.29) is 12.3 Å². The highest BCUT2D eigenvalue weighted by Gasteiger charge is 2.23. The number of fused-ring (bicyclic) bond motifs is 1. The number of ether oxygens (including phenoxy) is 1. The molecule has 0 fully saturated rings. The van der Waals surface area contributed by atoms with E-state index in [0.29, 0.717) is 22.3 Å². The molecule has 182 valence electrons. The van der Waals surface area contributed by atoms with Gasteiger partial charge in [-0.2, -0.15) is 4.31 Å². The van der Waals surface area contributed by atoms with E-state index in [1.807, 2.05) is 42.5 Å². The molecule has 1 atom stereocenters. The third-order valence-electron chi connectivity index (χ3n) is 5.54. The summed E-state index contributed by atoms with van der Waals surface area (Å²) in [6.07, 6.45) is 0.306. The fourth-order valence-corrected chi connectivity index (χ4v) is 4.43. The van der Waals surface area contributed by atoms with Crippen LogP contribution in [0.4, 0.5) is 10.5 Å². The number of hydrogen-bond acceptors (Lipinski definition) is 5. The smallest absolute Gasteiger partial charge is 0.428 e. The predicted molar refractivity (Wildman–Crippen MR) is 138 cm³/mol. The fourth-order valence-electron chi connectivity index (χ4n) is 3.78. The molecule has 0 aliphatic rings. The Morgan fingerprint density at radius 2 is 1.80 bits per heavy atom. The van der Waals surface area contributed by atoms with Gasteiger partial charge in [0.15, 0.2) is 0 Å². The van der Waals surface area contributed by atoms with Crippen LogP contribution in [0.3, 0.4) is 0 Å². The molecule has 0 aliphatic carbocycles. The molecule has 0 bridgehead atoms.